The molecule has 3 saturated heterocycles. The highest BCUT2D eigenvalue weighted by molar-refractivity contribution is 7.80. The Bertz CT molecular complexity index is 611. The summed E-state index contributed by atoms with van der Waals surface area (Å²) in [6, 6.07) is -2.51. The summed E-state index contributed by atoms with van der Waals surface area (Å²) >= 11 is 0. The minimum Gasteiger partial charge on any atom is -0.390 e. The molecule has 23 heavy (non-hydrogen) atoms. The first-order chi connectivity index (χ1) is 10.8. The van der Waals surface area contributed by atoms with Gasteiger partial charge in [-0.2, -0.15) is 13.5 Å². The van der Waals surface area contributed by atoms with Gasteiger partial charge >= 0.3 is 16.4 Å². The molecule has 0 aromatic heterocycles. The topological polar surface area (TPSA) is 149 Å². The van der Waals surface area contributed by atoms with Crippen LogP contribution in [0, 0.1) is 0 Å². The SMILES string of the molecule is O=C(N[C@@H]1CNC[C@H]1O)[C@@H]1CCC2CN1C(=O)N2OS(=O)(=O)O. The van der Waals surface area contributed by atoms with Crippen LogP contribution < -0.4 is 10.6 Å². The van der Waals surface area contributed by atoms with Crippen LogP contribution in [-0.2, 0) is 19.5 Å². The Morgan fingerprint density at radius 1 is 1.35 bits per heavy atom. The maximum Gasteiger partial charge on any atom is 0.418 e. The summed E-state index contributed by atoms with van der Waals surface area (Å²) in [6.07, 6.45) is 0.00874. The van der Waals surface area contributed by atoms with Gasteiger partial charge in [0, 0.05) is 19.6 Å². The summed E-state index contributed by atoms with van der Waals surface area (Å²) in [6.45, 7) is 0.961. The molecule has 3 aliphatic heterocycles. The second kappa shape index (κ2) is 5.87. The van der Waals surface area contributed by atoms with Crippen molar-refractivity contribution in [1.29, 1.82) is 0 Å². The maximum absolute atomic E-state index is 12.4. The van der Waals surface area contributed by atoms with Gasteiger partial charge in [-0.3, -0.25) is 9.35 Å². The predicted octanol–water partition coefficient (Wildman–Crippen LogP) is -2.56. The molecule has 3 rings (SSSR count). The van der Waals surface area contributed by atoms with Gasteiger partial charge in [0.25, 0.3) is 0 Å². The monoisotopic (exact) mass is 350 g/mol. The number of hydrogen-bond donors (Lipinski definition) is 4. The predicted molar refractivity (Wildman–Crippen MR) is 74.2 cm³/mol. The van der Waals surface area contributed by atoms with E-state index in [2.05, 4.69) is 14.9 Å². The van der Waals surface area contributed by atoms with Crippen LogP contribution in [0.4, 0.5) is 4.79 Å². The lowest BCUT2D eigenvalue weighted by atomic mass is 10.00. The first kappa shape index (κ1) is 16.4. The van der Waals surface area contributed by atoms with Gasteiger partial charge in [-0.25, -0.2) is 4.79 Å². The Kier molecular flexibility index (Phi) is 4.18. The van der Waals surface area contributed by atoms with Crippen LogP contribution in [0.5, 0.6) is 0 Å². The Labute approximate surface area is 132 Å². The summed E-state index contributed by atoms with van der Waals surface area (Å²) in [5.74, 6) is -0.404. The van der Waals surface area contributed by atoms with Crippen molar-refractivity contribution in [3.8, 4) is 0 Å². The second-order valence-corrected chi connectivity index (χ2v) is 6.86. The van der Waals surface area contributed by atoms with Crippen molar-refractivity contribution in [3.63, 3.8) is 0 Å². The second-order valence-electron chi connectivity index (χ2n) is 5.85. The summed E-state index contributed by atoms with van der Waals surface area (Å²) in [5, 5.41) is 15.9. The molecule has 0 radical (unpaired) electrons. The molecular formula is C11H18N4O7S. The van der Waals surface area contributed by atoms with Gasteiger partial charge in [0.15, 0.2) is 0 Å². The quantitative estimate of drug-likeness (QED) is 0.405. The number of hydrogen-bond acceptors (Lipinski definition) is 7. The largest absolute Gasteiger partial charge is 0.418 e. The molecule has 130 valence electrons. The number of β-amino-alcohol motifs (C(OH)–C–C–N with tert-alkyl or cyclic N) is 1. The van der Waals surface area contributed by atoms with Crippen LogP contribution in [0.3, 0.4) is 0 Å². The van der Waals surface area contributed by atoms with Crippen LogP contribution in [-0.4, -0.2) is 83.8 Å². The number of nitrogens with zero attached hydrogens (tertiary/aromatic N) is 2. The molecule has 1 unspecified atom stereocenters. The van der Waals surface area contributed by atoms with Crippen LogP contribution in [0.2, 0.25) is 0 Å². The number of hydroxylamine groups is 2. The lowest BCUT2D eigenvalue weighted by Crippen LogP contribution is -2.54. The van der Waals surface area contributed by atoms with Gasteiger partial charge < -0.3 is 20.6 Å². The molecule has 0 aromatic carbocycles. The van der Waals surface area contributed by atoms with E-state index in [4.69, 9.17) is 4.55 Å². The number of aliphatic hydroxyl groups is 1. The lowest BCUT2D eigenvalue weighted by Gasteiger charge is -2.30. The fourth-order valence-electron chi connectivity index (χ4n) is 3.20. The average Bonchev–Trinajstić information content (AvgIpc) is 2.96. The molecule has 0 spiro atoms. The van der Waals surface area contributed by atoms with E-state index >= 15 is 0 Å². The number of piperidine rings is 1. The summed E-state index contributed by atoms with van der Waals surface area (Å²) in [5.41, 5.74) is 0. The van der Waals surface area contributed by atoms with Crippen molar-refractivity contribution in [2.24, 2.45) is 0 Å². The molecule has 3 amide bonds. The van der Waals surface area contributed by atoms with Crippen molar-refractivity contribution in [2.75, 3.05) is 19.6 Å². The fourth-order valence-corrected chi connectivity index (χ4v) is 3.58. The molecule has 4 atom stereocenters. The van der Waals surface area contributed by atoms with Gasteiger partial charge in [0.05, 0.1) is 18.2 Å². The van der Waals surface area contributed by atoms with Crippen molar-refractivity contribution in [3.05, 3.63) is 0 Å². The minimum atomic E-state index is -4.81. The summed E-state index contributed by atoms with van der Waals surface area (Å²) in [4.78, 5) is 25.8. The molecule has 3 heterocycles. The van der Waals surface area contributed by atoms with E-state index in [0.717, 1.165) is 0 Å². The Hall–Kier alpha value is -1.47. The number of aliphatic hydroxyl groups excluding tert-OH is 1. The highest BCUT2D eigenvalue weighted by atomic mass is 32.3. The molecule has 4 N–H and O–H groups in total. The number of urea groups is 1. The van der Waals surface area contributed by atoms with Gasteiger partial charge in [-0.15, -0.1) is 4.28 Å². The van der Waals surface area contributed by atoms with E-state index in [-0.39, 0.29) is 6.54 Å². The van der Waals surface area contributed by atoms with E-state index in [1.807, 2.05) is 0 Å². The Morgan fingerprint density at radius 2 is 2.09 bits per heavy atom. The normalized spacial score (nSPS) is 34.1. The first-order valence-electron chi connectivity index (χ1n) is 7.22. The van der Waals surface area contributed by atoms with Gasteiger partial charge in [0.2, 0.25) is 5.91 Å². The number of amides is 3. The van der Waals surface area contributed by atoms with E-state index in [0.29, 0.717) is 31.0 Å². The zero-order valence-corrected chi connectivity index (χ0v) is 12.9. The highest BCUT2D eigenvalue weighted by Crippen LogP contribution is 2.30. The number of fused-ring (bicyclic) bond motifs is 2. The zero-order chi connectivity index (χ0) is 16.8. The Morgan fingerprint density at radius 3 is 2.70 bits per heavy atom. The fraction of sp³-hybridized carbons (Fsp3) is 0.818. The molecular weight excluding hydrogens is 332 g/mol. The van der Waals surface area contributed by atoms with E-state index < -0.39 is 46.6 Å². The molecule has 12 heteroatoms. The third kappa shape index (κ3) is 3.26. The molecule has 2 bridgehead atoms. The molecule has 11 nitrogen and oxygen atoms in total. The first-order valence-corrected chi connectivity index (χ1v) is 8.59. The number of nitrogens with one attached hydrogen (secondary N) is 2. The summed E-state index contributed by atoms with van der Waals surface area (Å²) < 4.78 is 34.6. The minimum absolute atomic E-state index is 0.137. The Balaban J connectivity index is 1.67. The van der Waals surface area contributed by atoms with Crippen molar-refractivity contribution in [2.45, 2.75) is 37.1 Å². The van der Waals surface area contributed by atoms with Crippen LogP contribution in [0.1, 0.15) is 12.8 Å². The third-order valence-electron chi connectivity index (χ3n) is 4.31. The molecule has 0 aromatic rings. The molecule has 0 aliphatic carbocycles. The van der Waals surface area contributed by atoms with Gasteiger partial charge in [-0.1, -0.05) is 0 Å². The number of rotatable bonds is 4. The van der Waals surface area contributed by atoms with E-state index in [1.54, 1.807) is 0 Å². The number of carbonyl (C=O) groups excluding carboxylic acids is 2. The van der Waals surface area contributed by atoms with E-state index in [9.17, 15) is 23.1 Å². The van der Waals surface area contributed by atoms with Crippen LogP contribution in [0.15, 0.2) is 0 Å². The molecule has 0 saturated carbocycles. The van der Waals surface area contributed by atoms with E-state index in [1.165, 1.54) is 4.90 Å². The molecule has 3 aliphatic rings. The molecule has 3 fully saturated rings. The lowest BCUT2D eigenvalue weighted by molar-refractivity contribution is -0.127. The summed E-state index contributed by atoms with van der Waals surface area (Å²) in [7, 11) is -4.81. The number of carbonyl (C=O) groups is 2. The van der Waals surface area contributed by atoms with Crippen LogP contribution >= 0.6 is 0 Å². The van der Waals surface area contributed by atoms with Crippen LogP contribution in [0.25, 0.3) is 0 Å². The van der Waals surface area contributed by atoms with Gasteiger partial charge in [0.1, 0.15) is 6.04 Å². The van der Waals surface area contributed by atoms with Crippen molar-refractivity contribution >= 4 is 22.3 Å². The van der Waals surface area contributed by atoms with Gasteiger partial charge in [-0.05, 0) is 12.8 Å². The standard InChI is InChI=1S/C11H18N4O7S/c16-9-4-12-3-7(9)13-10(17)8-2-1-6-5-14(8)11(18)15(6)22-23(19,20)21/h6-9,12,16H,1-5H2,(H,13,17)(H,19,20,21)/t6?,7-,8+,9-/m1/s1. The van der Waals surface area contributed by atoms with Crippen molar-refractivity contribution in [1.82, 2.24) is 20.6 Å². The maximum atomic E-state index is 12.4. The zero-order valence-electron chi connectivity index (χ0n) is 12.1. The highest BCUT2D eigenvalue weighted by Gasteiger charge is 2.49. The smallest absolute Gasteiger partial charge is 0.390 e. The van der Waals surface area contributed by atoms with Crippen molar-refractivity contribution < 1.29 is 31.9 Å². The third-order valence-corrected chi connectivity index (χ3v) is 4.66. The average molecular weight is 350 g/mol.